The largest absolute Gasteiger partial charge is 0.508 e. The van der Waals surface area contributed by atoms with Gasteiger partial charge in [-0.3, -0.25) is 4.79 Å². The highest BCUT2D eigenvalue weighted by Crippen LogP contribution is 2.42. The van der Waals surface area contributed by atoms with Crippen LogP contribution in [0.4, 0.5) is 0 Å². The number of allylic oxidation sites excluding steroid dienone is 1. The number of benzene rings is 2. The minimum atomic E-state index is -0.477. The molecule has 0 spiro atoms. The highest BCUT2D eigenvalue weighted by atomic mass is 16.5. The third-order valence-corrected chi connectivity index (χ3v) is 5.34. The van der Waals surface area contributed by atoms with E-state index in [4.69, 9.17) is 14.0 Å². The zero-order chi connectivity index (χ0) is 21.9. The smallest absolute Gasteiger partial charge is 0.235 e. The highest BCUT2D eigenvalue weighted by molar-refractivity contribution is 6.17. The van der Waals surface area contributed by atoms with Crippen LogP contribution in [0.15, 0.2) is 40.6 Å². The van der Waals surface area contributed by atoms with Gasteiger partial charge in [-0.2, -0.15) is 0 Å². The Morgan fingerprint density at radius 2 is 1.94 bits per heavy atom. The number of phenols is 2. The number of aromatic amines is 1. The van der Waals surface area contributed by atoms with E-state index in [1.807, 2.05) is 32.0 Å². The maximum absolute atomic E-state index is 12.9. The van der Waals surface area contributed by atoms with Gasteiger partial charge in [-0.05, 0) is 38.1 Å². The number of nitrogens with one attached hydrogen (secondary N) is 1. The van der Waals surface area contributed by atoms with Crippen LogP contribution < -0.4 is 9.47 Å². The molecule has 0 aliphatic carbocycles. The summed E-state index contributed by atoms with van der Waals surface area (Å²) in [5, 5.41) is 24.7. The summed E-state index contributed by atoms with van der Waals surface area (Å²) in [7, 11) is 1.58. The number of phenolic OH excluding ortho intramolecular Hbond substituents is 2. The number of Topliss-reactive ketones (excluding diaryl/α,β-unsaturated/α-hetero) is 1. The fourth-order valence-electron chi connectivity index (χ4n) is 3.92. The molecule has 31 heavy (non-hydrogen) atoms. The molecule has 0 atom stereocenters. The first kappa shape index (κ1) is 18.8. The van der Waals surface area contributed by atoms with Crippen LogP contribution in [0.1, 0.15) is 27.4 Å². The fourth-order valence-corrected chi connectivity index (χ4v) is 3.92. The van der Waals surface area contributed by atoms with E-state index in [1.54, 1.807) is 13.2 Å². The van der Waals surface area contributed by atoms with Crippen LogP contribution in [0.25, 0.3) is 28.2 Å². The molecule has 5 rings (SSSR count). The molecule has 156 valence electrons. The summed E-state index contributed by atoms with van der Waals surface area (Å²) in [6.07, 6.45) is 1.61. The molecule has 3 N–H and O–H groups in total. The number of nitrogens with zero attached hydrogens (tertiary/aromatic N) is 1. The van der Waals surface area contributed by atoms with E-state index in [9.17, 15) is 15.0 Å². The predicted octanol–water partition coefficient (Wildman–Crippen LogP) is 4.48. The molecule has 0 amide bonds. The van der Waals surface area contributed by atoms with Crippen molar-refractivity contribution in [3.8, 4) is 34.3 Å². The molecule has 8 nitrogen and oxygen atoms in total. The van der Waals surface area contributed by atoms with Crippen molar-refractivity contribution in [1.29, 1.82) is 0 Å². The summed E-state index contributed by atoms with van der Waals surface area (Å²) in [5.74, 6) is 0.391. The molecular weight excluding hydrogens is 400 g/mol. The second kappa shape index (κ2) is 6.66. The number of methoxy groups -OCH3 is 1. The van der Waals surface area contributed by atoms with Gasteiger partial charge in [0.1, 0.15) is 34.3 Å². The zero-order valence-corrected chi connectivity index (χ0v) is 16.9. The predicted molar refractivity (Wildman–Crippen MR) is 113 cm³/mol. The Hall–Kier alpha value is -4.20. The highest BCUT2D eigenvalue weighted by Gasteiger charge is 2.32. The van der Waals surface area contributed by atoms with Crippen molar-refractivity contribution in [3.05, 3.63) is 58.7 Å². The van der Waals surface area contributed by atoms with Crippen molar-refractivity contribution < 1.29 is 29.0 Å². The normalized spacial score (nSPS) is 14.3. The zero-order valence-electron chi connectivity index (χ0n) is 16.9. The second-order valence-corrected chi connectivity index (χ2v) is 7.30. The number of hydrogen-bond acceptors (Lipinski definition) is 7. The van der Waals surface area contributed by atoms with Gasteiger partial charge in [0, 0.05) is 28.6 Å². The molecule has 1 aliphatic rings. The van der Waals surface area contributed by atoms with Crippen molar-refractivity contribution in [2.24, 2.45) is 0 Å². The molecule has 2 aromatic carbocycles. The first-order chi connectivity index (χ1) is 14.9. The number of aryl methyl sites for hydroxylation is 2. The number of aromatic hydroxyl groups is 2. The van der Waals surface area contributed by atoms with Crippen molar-refractivity contribution in [2.75, 3.05) is 7.11 Å². The Bertz CT molecular complexity index is 1390. The lowest BCUT2D eigenvalue weighted by atomic mass is 10.0. The van der Waals surface area contributed by atoms with Crippen LogP contribution in [0.2, 0.25) is 0 Å². The van der Waals surface area contributed by atoms with Crippen LogP contribution in [0.3, 0.4) is 0 Å². The molecule has 0 unspecified atom stereocenters. The van der Waals surface area contributed by atoms with E-state index in [1.165, 1.54) is 6.07 Å². The van der Waals surface area contributed by atoms with Gasteiger partial charge in [-0.25, -0.2) is 0 Å². The minimum Gasteiger partial charge on any atom is -0.508 e. The number of H-pyrrole nitrogens is 1. The van der Waals surface area contributed by atoms with Crippen LogP contribution in [0.5, 0.6) is 23.0 Å². The molecule has 2 aromatic heterocycles. The Morgan fingerprint density at radius 3 is 2.65 bits per heavy atom. The standard InChI is InChI=1S/C23H18N2O6/c1-10-20(11(2)31-25-10)22-15(14-8-13(29-3)4-5-16(14)24-22)9-19-23(28)21-17(27)6-12(26)7-18(21)30-19/h4-9,24,26-27H,1-3H3/b19-9-. The monoisotopic (exact) mass is 418 g/mol. The number of fused-ring (bicyclic) bond motifs is 2. The van der Waals surface area contributed by atoms with E-state index in [0.717, 1.165) is 22.5 Å². The van der Waals surface area contributed by atoms with Gasteiger partial charge in [0.15, 0.2) is 5.76 Å². The lowest BCUT2D eigenvalue weighted by molar-refractivity contribution is 0.101. The quantitative estimate of drug-likeness (QED) is 0.420. The van der Waals surface area contributed by atoms with Gasteiger partial charge >= 0.3 is 0 Å². The van der Waals surface area contributed by atoms with Gasteiger partial charge in [-0.1, -0.05) is 5.16 Å². The third kappa shape index (κ3) is 2.83. The number of ether oxygens (including phenoxy) is 2. The Kier molecular flexibility index (Phi) is 4.04. The van der Waals surface area contributed by atoms with Gasteiger partial charge in [0.2, 0.25) is 5.78 Å². The fraction of sp³-hybridized carbons (Fsp3) is 0.130. The summed E-state index contributed by atoms with van der Waals surface area (Å²) in [6.45, 7) is 3.65. The minimum absolute atomic E-state index is 0.0142. The van der Waals surface area contributed by atoms with E-state index in [2.05, 4.69) is 10.1 Å². The molecule has 0 radical (unpaired) electrons. The van der Waals surface area contributed by atoms with Crippen LogP contribution in [-0.4, -0.2) is 33.2 Å². The first-order valence-corrected chi connectivity index (χ1v) is 9.50. The molecule has 0 saturated carbocycles. The molecular formula is C23H18N2O6. The van der Waals surface area contributed by atoms with Crippen molar-refractivity contribution in [3.63, 3.8) is 0 Å². The second-order valence-electron chi connectivity index (χ2n) is 7.30. The SMILES string of the molecule is COc1ccc2[nH]c(-c3c(C)noc3C)c(/C=C3\Oc4cc(O)cc(O)c4C3=O)c2c1. The maximum atomic E-state index is 12.9. The summed E-state index contributed by atoms with van der Waals surface area (Å²) in [6, 6.07) is 7.97. The summed E-state index contributed by atoms with van der Waals surface area (Å²) < 4.78 is 16.4. The lowest BCUT2D eigenvalue weighted by Crippen LogP contribution is -1.99. The number of rotatable bonds is 3. The van der Waals surface area contributed by atoms with Gasteiger partial charge < -0.3 is 29.2 Å². The average molecular weight is 418 g/mol. The van der Waals surface area contributed by atoms with Crippen molar-refractivity contribution in [2.45, 2.75) is 13.8 Å². The molecule has 8 heteroatoms. The van der Waals surface area contributed by atoms with Crippen molar-refractivity contribution >= 4 is 22.8 Å². The van der Waals surface area contributed by atoms with E-state index in [0.29, 0.717) is 28.5 Å². The number of carbonyl (C=O) groups excluding carboxylic acids is 1. The molecule has 0 fully saturated rings. The maximum Gasteiger partial charge on any atom is 0.235 e. The number of hydrogen-bond donors (Lipinski definition) is 3. The lowest BCUT2D eigenvalue weighted by Gasteiger charge is -2.03. The third-order valence-electron chi connectivity index (χ3n) is 5.34. The molecule has 0 bridgehead atoms. The summed E-state index contributed by atoms with van der Waals surface area (Å²) >= 11 is 0. The topological polar surface area (TPSA) is 118 Å². The Labute approximate surface area is 176 Å². The van der Waals surface area contributed by atoms with E-state index in [-0.39, 0.29) is 28.6 Å². The van der Waals surface area contributed by atoms with Gasteiger partial charge in [-0.15, -0.1) is 0 Å². The first-order valence-electron chi connectivity index (χ1n) is 9.50. The molecule has 1 aliphatic heterocycles. The average Bonchev–Trinajstić information content (AvgIpc) is 3.35. The van der Waals surface area contributed by atoms with Crippen LogP contribution in [-0.2, 0) is 0 Å². The van der Waals surface area contributed by atoms with Crippen LogP contribution in [0, 0.1) is 13.8 Å². The molecule has 4 aromatic rings. The van der Waals surface area contributed by atoms with Gasteiger partial charge in [0.05, 0.1) is 24.1 Å². The van der Waals surface area contributed by atoms with Crippen LogP contribution >= 0.6 is 0 Å². The Balaban J connectivity index is 1.75. The molecule has 0 saturated heterocycles. The Morgan fingerprint density at radius 1 is 1.13 bits per heavy atom. The number of carbonyl (C=O) groups is 1. The number of ketones is 1. The summed E-state index contributed by atoms with van der Waals surface area (Å²) in [5.41, 5.74) is 3.71. The van der Waals surface area contributed by atoms with E-state index >= 15 is 0 Å². The molecule has 3 heterocycles. The number of aromatic nitrogens is 2. The van der Waals surface area contributed by atoms with Crippen molar-refractivity contribution in [1.82, 2.24) is 10.1 Å². The summed E-state index contributed by atoms with van der Waals surface area (Å²) in [4.78, 5) is 16.3. The van der Waals surface area contributed by atoms with E-state index < -0.39 is 5.78 Å². The van der Waals surface area contributed by atoms with Gasteiger partial charge in [0.25, 0.3) is 0 Å².